The van der Waals surface area contributed by atoms with Crippen LogP contribution in [0.2, 0.25) is 0 Å². The first-order valence-electron chi connectivity index (χ1n) is 5.56. The van der Waals surface area contributed by atoms with E-state index in [4.69, 9.17) is 5.14 Å². The molecule has 17 heavy (non-hydrogen) atoms. The summed E-state index contributed by atoms with van der Waals surface area (Å²) in [7, 11) is -3.53. The zero-order valence-electron chi connectivity index (χ0n) is 9.83. The smallest absolute Gasteiger partial charge is 0.277 e. The lowest BCUT2D eigenvalue weighted by Gasteiger charge is -2.34. The van der Waals surface area contributed by atoms with Gasteiger partial charge in [-0.1, -0.05) is 17.7 Å². The van der Waals surface area contributed by atoms with Crippen LogP contribution in [0.1, 0.15) is 5.56 Å². The molecule has 0 aliphatic carbocycles. The lowest BCUT2D eigenvalue weighted by atomic mass is 10.2. The molecule has 1 fully saturated rings. The van der Waals surface area contributed by atoms with E-state index in [1.54, 1.807) is 0 Å². The van der Waals surface area contributed by atoms with Gasteiger partial charge in [-0.2, -0.15) is 12.7 Å². The predicted octanol–water partition coefficient (Wildman–Crippen LogP) is 0.321. The molecule has 1 heterocycles. The molecular formula is C11H17N3O2S. The minimum atomic E-state index is -3.53. The molecule has 6 heteroatoms. The molecular weight excluding hydrogens is 238 g/mol. The molecule has 0 atom stereocenters. The fourth-order valence-electron chi connectivity index (χ4n) is 1.96. The van der Waals surface area contributed by atoms with Gasteiger partial charge in [0.2, 0.25) is 0 Å². The van der Waals surface area contributed by atoms with Crippen molar-refractivity contribution >= 4 is 15.9 Å². The van der Waals surface area contributed by atoms with Crippen molar-refractivity contribution < 1.29 is 8.42 Å². The maximum Gasteiger partial charge on any atom is 0.277 e. The number of piperazine rings is 1. The van der Waals surface area contributed by atoms with Crippen LogP contribution in [0.25, 0.3) is 0 Å². The summed E-state index contributed by atoms with van der Waals surface area (Å²) in [6.07, 6.45) is 0. The lowest BCUT2D eigenvalue weighted by Crippen LogP contribution is -2.50. The van der Waals surface area contributed by atoms with E-state index >= 15 is 0 Å². The Balaban J connectivity index is 2.02. The third-order valence-corrected chi connectivity index (χ3v) is 4.08. The molecule has 1 aliphatic rings. The summed E-state index contributed by atoms with van der Waals surface area (Å²) < 4.78 is 23.6. The van der Waals surface area contributed by atoms with Crippen LogP contribution in [0.15, 0.2) is 24.3 Å². The van der Waals surface area contributed by atoms with Gasteiger partial charge in [0, 0.05) is 31.9 Å². The second kappa shape index (κ2) is 4.64. The van der Waals surface area contributed by atoms with Gasteiger partial charge in [0.15, 0.2) is 0 Å². The number of hydrogen-bond acceptors (Lipinski definition) is 3. The van der Waals surface area contributed by atoms with Gasteiger partial charge >= 0.3 is 0 Å². The Bertz CT molecular complexity index is 476. The molecule has 0 radical (unpaired) electrons. The number of anilines is 1. The molecule has 0 amide bonds. The first kappa shape index (κ1) is 12.3. The summed E-state index contributed by atoms with van der Waals surface area (Å²) in [5.74, 6) is 0. The van der Waals surface area contributed by atoms with Gasteiger partial charge in [-0.05, 0) is 19.1 Å². The van der Waals surface area contributed by atoms with Crippen molar-refractivity contribution in [1.82, 2.24) is 4.31 Å². The number of benzene rings is 1. The number of hydrogen-bond donors (Lipinski definition) is 1. The average molecular weight is 255 g/mol. The highest BCUT2D eigenvalue weighted by Crippen LogP contribution is 2.17. The van der Waals surface area contributed by atoms with Crippen molar-refractivity contribution in [1.29, 1.82) is 0 Å². The van der Waals surface area contributed by atoms with Gasteiger partial charge in [-0.25, -0.2) is 5.14 Å². The third kappa shape index (κ3) is 2.96. The molecule has 0 bridgehead atoms. The second-order valence-corrected chi connectivity index (χ2v) is 5.81. The Hall–Kier alpha value is -1.11. The van der Waals surface area contributed by atoms with E-state index in [1.165, 1.54) is 9.87 Å². The Morgan fingerprint density at radius 3 is 2.06 bits per heavy atom. The first-order valence-corrected chi connectivity index (χ1v) is 7.06. The maximum atomic E-state index is 11.2. The van der Waals surface area contributed by atoms with Crippen molar-refractivity contribution in [2.45, 2.75) is 6.92 Å². The van der Waals surface area contributed by atoms with Crippen molar-refractivity contribution in [3.05, 3.63) is 29.8 Å². The zero-order valence-corrected chi connectivity index (χ0v) is 10.7. The molecule has 0 spiro atoms. The van der Waals surface area contributed by atoms with Gasteiger partial charge in [0.25, 0.3) is 10.2 Å². The van der Waals surface area contributed by atoms with Crippen LogP contribution in [0.3, 0.4) is 0 Å². The monoisotopic (exact) mass is 255 g/mol. The molecule has 2 rings (SSSR count). The highest BCUT2D eigenvalue weighted by molar-refractivity contribution is 7.86. The quantitative estimate of drug-likeness (QED) is 0.827. The van der Waals surface area contributed by atoms with Crippen LogP contribution in [-0.4, -0.2) is 38.9 Å². The third-order valence-electron chi connectivity index (χ3n) is 3.00. The van der Waals surface area contributed by atoms with Crippen molar-refractivity contribution in [2.24, 2.45) is 5.14 Å². The Morgan fingerprint density at radius 1 is 1.06 bits per heavy atom. The molecule has 1 aromatic rings. The molecule has 1 aliphatic heterocycles. The summed E-state index contributed by atoms with van der Waals surface area (Å²) in [5, 5.41) is 5.09. The van der Waals surface area contributed by atoms with Crippen molar-refractivity contribution in [3.8, 4) is 0 Å². The van der Waals surface area contributed by atoms with Crippen LogP contribution in [0.4, 0.5) is 5.69 Å². The van der Waals surface area contributed by atoms with Crippen LogP contribution in [0.5, 0.6) is 0 Å². The molecule has 0 saturated carbocycles. The number of nitrogens with two attached hydrogens (primary N) is 1. The zero-order chi connectivity index (χ0) is 12.5. The molecule has 1 saturated heterocycles. The second-order valence-electron chi connectivity index (χ2n) is 4.27. The van der Waals surface area contributed by atoms with E-state index in [0.717, 1.165) is 5.69 Å². The highest BCUT2D eigenvalue weighted by Gasteiger charge is 2.23. The number of nitrogens with zero attached hydrogens (tertiary/aromatic N) is 2. The SMILES string of the molecule is Cc1ccc(N2CCN(S(N)(=O)=O)CC2)cc1. The van der Waals surface area contributed by atoms with Gasteiger partial charge in [-0.3, -0.25) is 0 Å². The number of rotatable bonds is 2. The standard InChI is InChI=1S/C11H17N3O2S/c1-10-2-4-11(5-3-10)13-6-8-14(9-7-13)17(12,15)16/h2-5H,6-9H2,1H3,(H2,12,15,16). The van der Waals surface area contributed by atoms with Crippen LogP contribution in [0, 0.1) is 6.92 Å². The van der Waals surface area contributed by atoms with Gasteiger partial charge in [-0.15, -0.1) is 0 Å². The average Bonchev–Trinajstić information content (AvgIpc) is 2.29. The summed E-state index contributed by atoms with van der Waals surface area (Å²) in [5.41, 5.74) is 2.35. The lowest BCUT2D eigenvalue weighted by molar-refractivity contribution is 0.385. The van der Waals surface area contributed by atoms with E-state index < -0.39 is 10.2 Å². The van der Waals surface area contributed by atoms with E-state index in [9.17, 15) is 8.42 Å². The molecule has 0 unspecified atom stereocenters. The summed E-state index contributed by atoms with van der Waals surface area (Å²) in [4.78, 5) is 2.17. The van der Waals surface area contributed by atoms with Crippen molar-refractivity contribution in [2.75, 3.05) is 31.1 Å². The fourth-order valence-corrected chi connectivity index (χ4v) is 2.63. The Morgan fingerprint density at radius 2 is 1.59 bits per heavy atom. The molecule has 5 nitrogen and oxygen atoms in total. The van der Waals surface area contributed by atoms with Gasteiger partial charge < -0.3 is 4.90 Å². The summed E-state index contributed by atoms with van der Waals surface area (Å²) >= 11 is 0. The van der Waals surface area contributed by atoms with E-state index in [2.05, 4.69) is 29.2 Å². The summed E-state index contributed by atoms with van der Waals surface area (Å²) in [6, 6.07) is 8.23. The van der Waals surface area contributed by atoms with Crippen LogP contribution >= 0.6 is 0 Å². The number of aryl methyl sites for hydroxylation is 1. The Labute approximate surface area is 102 Å². The minimum Gasteiger partial charge on any atom is -0.369 e. The van der Waals surface area contributed by atoms with Crippen LogP contribution in [-0.2, 0) is 10.2 Å². The van der Waals surface area contributed by atoms with Crippen molar-refractivity contribution in [3.63, 3.8) is 0 Å². The molecule has 0 aromatic heterocycles. The Kier molecular flexibility index (Phi) is 3.37. The molecule has 1 aromatic carbocycles. The normalized spacial score (nSPS) is 18.4. The summed E-state index contributed by atoms with van der Waals surface area (Å²) in [6.45, 7) is 4.31. The van der Waals surface area contributed by atoms with E-state index in [0.29, 0.717) is 26.2 Å². The molecule has 2 N–H and O–H groups in total. The minimum absolute atomic E-state index is 0.451. The van der Waals surface area contributed by atoms with E-state index in [1.807, 2.05) is 6.92 Å². The maximum absolute atomic E-state index is 11.2. The topological polar surface area (TPSA) is 66.6 Å². The van der Waals surface area contributed by atoms with E-state index in [-0.39, 0.29) is 0 Å². The van der Waals surface area contributed by atoms with Gasteiger partial charge in [0.05, 0.1) is 0 Å². The highest BCUT2D eigenvalue weighted by atomic mass is 32.2. The van der Waals surface area contributed by atoms with Crippen LogP contribution < -0.4 is 10.0 Å². The first-order chi connectivity index (χ1) is 7.97. The molecule has 94 valence electrons. The van der Waals surface area contributed by atoms with Gasteiger partial charge in [0.1, 0.15) is 0 Å². The largest absolute Gasteiger partial charge is 0.369 e. The fraction of sp³-hybridized carbons (Fsp3) is 0.455. The predicted molar refractivity (Wildman–Crippen MR) is 68.1 cm³/mol.